The lowest BCUT2D eigenvalue weighted by atomic mass is 9.85. The van der Waals surface area contributed by atoms with Gasteiger partial charge in [0.2, 0.25) is 0 Å². The van der Waals surface area contributed by atoms with Crippen molar-refractivity contribution in [1.82, 2.24) is 10.7 Å². The van der Waals surface area contributed by atoms with Crippen molar-refractivity contribution in [2.24, 2.45) is 5.84 Å². The molecule has 1 rings (SSSR count). The molecular formula is C11H17N3O. The number of nitrogens with one attached hydrogen (secondary N) is 2. The Morgan fingerprint density at radius 3 is 2.47 bits per heavy atom. The first-order valence-corrected chi connectivity index (χ1v) is 4.86. The van der Waals surface area contributed by atoms with E-state index in [1.807, 2.05) is 35.8 Å². The van der Waals surface area contributed by atoms with Crippen LogP contribution in [0.15, 0.2) is 30.3 Å². The van der Waals surface area contributed by atoms with Gasteiger partial charge in [0, 0.05) is 12.0 Å². The first kappa shape index (κ1) is 11.5. The smallest absolute Gasteiger partial charge is 0.328 e. The Morgan fingerprint density at radius 2 is 1.93 bits per heavy atom. The van der Waals surface area contributed by atoms with E-state index in [4.69, 9.17) is 5.84 Å². The van der Waals surface area contributed by atoms with Crippen LogP contribution in [0.5, 0.6) is 0 Å². The van der Waals surface area contributed by atoms with Crippen molar-refractivity contribution in [3.8, 4) is 0 Å². The van der Waals surface area contributed by atoms with Crippen molar-refractivity contribution in [2.45, 2.75) is 19.3 Å². The third kappa shape index (κ3) is 3.25. The van der Waals surface area contributed by atoms with Gasteiger partial charge < -0.3 is 5.32 Å². The molecule has 0 aromatic heterocycles. The maximum absolute atomic E-state index is 10.9. The summed E-state index contributed by atoms with van der Waals surface area (Å²) in [4.78, 5) is 10.9. The Balaban J connectivity index is 2.63. The summed E-state index contributed by atoms with van der Waals surface area (Å²) in [5.74, 6) is 4.98. The molecule has 0 aliphatic heterocycles. The summed E-state index contributed by atoms with van der Waals surface area (Å²) in [5, 5.41) is 2.70. The van der Waals surface area contributed by atoms with Crippen molar-refractivity contribution in [1.29, 1.82) is 0 Å². The van der Waals surface area contributed by atoms with Gasteiger partial charge in [0.05, 0.1) is 0 Å². The summed E-state index contributed by atoms with van der Waals surface area (Å²) < 4.78 is 0. The van der Waals surface area contributed by atoms with Crippen molar-refractivity contribution in [2.75, 3.05) is 6.54 Å². The van der Waals surface area contributed by atoms with Gasteiger partial charge in [-0.3, -0.25) is 5.43 Å². The average Bonchev–Trinajstić information content (AvgIpc) is 2.27. The molecule has 1 aromatic carbocycles. The normalized spacial score (nSPS) is 10.9. The van der Waals surface area contributed by atoms with E-state index >= 15 is 0 Å². The van der Waals surface area contributed by atoms with E-state index in [-0.39, 0.29) is 11.4 Å². The molecule has 0 saturated carbocycles. The second-order valence-electron chi connectivity index (χ2n) is 4.08. The molecule has 0 atom stereocenters. The largest absolute Gasteiger partial charge is 0.336 e. The molecule has 2 amide bonds. The second-order valence-corrected chi connectivity index (χ2v) is 4.08. The molecular weight excluding hydrogens is 190 g/mol. The molecule has 4 heteroatoms. The van der Waals surface area contributed by atoms with Crippen LogP contribution in [0.3, 0.4) is 0 Å². The summed E-state index contributed by atoms with van der Waals surface area (Å²) in [7, 11) is 0. The summed E-state index contributed by atoms with van der Waals surface area (Å²) in [6, 6.07) is 9.67. The summed E-state index contributed by atoms with van der Waals surface area (Å²) in [6.45, 7) is 4.68. The lowest BCUT2D eigenvalue weighted by Gasteiger charge is -2.25. The Hall–Kier alpha value is -1.55. The van der Waals surface area contributed by atoms with Crippen LogP contribution in [0.4, 0.5) is 4.79 Å². The number of hydrazine groups is 1. The van der Waals surface area contributed by atoms with Gasteiger partial charge in [-0.2, -0.15) is 0 Å². The fourth-order valence-electron chi connectivity index (χ4n) is 1.34. The van der Waals surface area contributed by atoms with E-state index in [2.05, 4.69) is 19.2 Å². The molecule has 0 fully saturated rings. The van der Waals surface area contributed by atoms with E-state index in [9.17, 15) is 4.79 Å². The molecule has 0 radical (unpaired) electrons. The zero-order chi connectivity index (χ0) is 11.3. The Morgan fingerprint density at radius 1 is 1.33 bits per heavy atom. The number of amides is 2. The molecule has 4 nitrogen and oxygen atoms in total. The second kappa shape index (κ2) is 4.79. The predicted molar refractivity (Wildman–Crippen MR) is 60.2 cm³/mol. The van der Waals surface area contributed by atoms with Crippen LogP contribution in [0.2, 0.25) is 0 Å². The van der Waals surface area contributed by atoms with Gasteiger partial charge in [0.1, 0.15) is 0 Å². The number of hydrogen-bond acceptors (Lipinski definition) is 2. The molecule has 0 saturated heterocycles. The van der Waals surface area contributed by atoms with Gasteiger partial charge in [0.15, 0.2) is 0 Å². The van der Waals surface area contributed by atoms with Gasteiger partial charge in [-0.1, -0.05) is 44.2 Å². The minimum absolute atomic E-state index is 0.103. The van der Waals surface area contributed by atoms with Crippen molar-refractivity contribution < 1.29 is 4.79 Å². The van der Waals surface area contributed by atoms with E-state index < -0.39 is 0 Å². The van der Waals surface area contributed by atoms with Crippen molar-refractivity contribution >= 4 is 6.03 Å². The molecule has 0 spiro atoms. The van der Waals surface area contributed by atoms with Gasteiger partial charge in [-0.25, -0.2) is 10.6 Å². The molecule has 0 heterocycles. The molecule has 0 aliphatic carbocycles. The van der Waals surface area contributed by atoms with Crippen LogP contribution in [-0.2, 0) is 5.41 Å². The van der Waals surface area contributed by atoms with Crippen molar-refractivity contribution in [3.05, 3.63) is 35.9 Å². The fourth-order valence-corrected chi connectivity index (χ4v) is 1.34. The Bertz CT molecular complexity index is 322. The molecule has 82 valence electrons. The van der Waals surface area contributed by atoms with Gasteiger partial charge in [0.25, 0.3) is 0 Å². The molecule has 15 heavy (non-hydrogen) atoms. The standard InChI is InChI=1S/C11H17N3O/c1-11(2,8-13-10(15)14-12)9-6-4-3-5-7-9/h3-7H,8,12H2,1-2H3,(H2,13,14,15). The van der Waals surface area contributed by atoms with E-state index in [1.165, 1.54) is 5.56 Å². The summed E-state index contributed by atoms with van der Waals surface area (Å²) in [6.07, 6.45) is 0. The molecule has 4 N–H and O–H groups in total. The van der Waals surface area contributed by atoms with Gasteiger partial charge in [-0.15, -0.1) is 0 Å². The Kier molecular flexibility index (Phi) is 3.68. The molecule has 0 bridgehead atoms. The van der Waals surface area contributed by atoms with Crippen LogP contribution in [0, 0.1) is 0 Å². The van der Waals surface area contributed by atoms with Crippen LogP contribution in [0.25, 0.3) is 0 Å². The zero-order valence-corrected chi connectivity index (χ0v) is 9.08. The van der Waals surface area contributed by atoms with Crippen LogP contribution in [0.1, 0.15) is 19.4 Å². The maximum Gasteiger partial charge on any atom is 0.328 e. The van der Waals surface area contributed by atoms with Crippen molar-refractivity contribution in [3.63, 3.8) is 0 Å². The Labute approximate surface area is 89.8 Å². The first-order chi connectivity index (χ1) is 7.06. The monoisotopic (exact) mass is 207 g/mol. The fraction of sp³-hybridized carbons (Fsp3) is 0.364. The van der Waals surface area contributed by atoms with Crippen LogP contribution < -0.4 is 16.6 Å². The topological polar surface area (TPSA) is 67.2 Å². The number of carbonyl (C=O) groups is 1. The van der Waals surface area contributed by atoms with Crippen LogP contribution in [-0.4, -0.2) is 12.6 Å². The van der Waals surface area contributed by atoms with Gasteiger partial charge in [-0.05, 0) is 5.56 Å². The highest BCUT2D eigenvalue weighted by Gasteiger charge is 2.20. The SMILES string of the molecule is CC(C)(CNC(=O)NN)c1ccccc1. The van der Waals surface area contributed by atoms with Gasteiger partial charge >= 0.3 is 6.03 Å². The first-order valence-electron chi connectivity index (χ1n) is 4.86. The number of benzene rings is 1. The number of rotatable bonds is 3. The lowest BCUT2D eigenvalue weighted by Crippen LogP contribution is -2.44. The maximum atomic E-state index is 10.9. The number of hydrogen-bond donors (Lipinski definition) is 3. The minimum atomic E-state index is -0.362. The van der Waals surface area contributed by atoms with Crippen LogP contribution >= 0.6 is 0 Å². The average molecular weight is 207 g/mol. The molecule has 0 aliphatic rings. The minimum Gasteiger partial charge on any atom is -0.336 e. The quantitative estimate of drug-likeness (QED) is 0.395. The third-order valence-electron chi connectivity index (χ3n) is 2.38. The number of nitrogens with two attached hydrogens (primary N) is 1. The molecule has 0 unspecified atom stereocenters. The van der Waals surface area contributed by atoms with E-state index in [0.29, 0.717) is 6.54 Å². The highest BCUT2D eigenvalue weighted by atomic mass is 16.2. The molecule has 1 aromatic rings. The highest BCUT2D eigenvalue weighted by Crippen LogP contribution is 2.21. The van der Waals surface area contributed by atoms with E-state index in [0.717, 1.165) is 0 Å². The number of carbonyl (C=O) groups excluding carboxylic acids is 1. The summed E-state index contributed by atoms with van der Waals surface area (Å²) in [5.41, 5.74) is 3.12. The zero-order valence-electron chi connectivity index (χ0n) is 9.08. The number of urea groups is 1. The lowest BCUT2D eigenvalue weighted by molar-refractivity contribution is 0.238. The predicted octanol–water partition coefficient (Wildman–Crippen LogP) is 1.14. The summed E-state index contributed by atoms with van der Waals surface area (Å²) >= 11 is 0. The third-order valence-corrected chi connectivity index (χ3v) is 2.38. The highest BCUT2D eigenvalue weighted by molar-refractivity contribution is 5.73. The van der Waals surface area contributed by atoms with E-state index in [1.54, 1.807) is 0 Å².